The van der Waals surface area contributed by atoms with E-state index in [1.54, 1.807) is 0 Å². The molecule has 0 saturated heterocycles. The molecule has 0 radical (unpaired) electrons. The average Bonchev–Trinajstić information content (AvgIpc) is 2.22. The first-order chi connectivity index (χ1) is 8.95. The molecule has 0 aromatic heterocycles. The van der Waals surface area contributed by atoms with Crippen molar-refractivity contribution in [1.29, 1.82) is 0 Å². The minimum absolute atomic E-state index is 0.263. The molecule has 0 fully saturated rings. The summed E-state index contributed by atoms with van der Waals surface area (Å²) in [6.45, 7) is -0.329. The molecule has 0 bridgehead atoms. The van der Waals surface area contributed by atoms with Crippen molar-refractivity contribution >= 4 is 35.8 Å². The van der Waals surface area contributed by atoms with Crippen molar-refractivity contribution in [1.82, 2.24) is 4.31 Å². The van der Waals surface area contributed by atoms with Crippen molar-refractivity contribution in [3.63, 3.8) is 0 Å². The maximum atomic E-state index is 13.6. The number of sulfone groups is 1. The van der Waals surface area contributed by atoms with E-state index in [-0.39, 0.29) is 11.0 Å². The van der Waals surface area contributed by atoms with Crippen LogP contribution in [-0.4, -0.2) is 46.7 Å². The fourth-order valence-electron chi connectivity index (χ4n) is 1.35. The number of hydrogen-bond donors (Lipinski definition) is 0. The lowest BCUT2D eigenvalue weighted by molar-refractivity contribution is 0.474. The van der Waals surface area contributed by atoms with Crippen LogP contribution in [0.4, 0.5) is 8.78 Å². The van der Waals surface area contributed by atoms with Gasteiger partial charge in [0.15, 0.2) is 0 Å². The van der Waals surface area contributed by atoms with E-state index >= 15 is 0 Å². The second-order valence-corrected chi connectivity index (χ2v) is 9.25. The van der Waals surface area contributed by atoms with Crippen LogP contribution in [0.15, 0.2) is 21.5 Å². The standard InChI is InChI=1S/C10H12BrF2NO4S2/c1-14(3-4-19(2,15)16)20(17,18)10-8(11)5-7(12)6-9(10)13/h5-6H,3-4H2,1-2H3. The molecule has 0 N–H and O–H groups in total. The maximum Gasteiger partial charge on any atom is 0.246 e. The molecule has 0 heterocycles. The van der Waals surface area contributed by atoms with Crippen LogP contribution < -0.4 is 0 Å². The van der Waals surface area contributed by atoms with Crippen molar-refractivity contribution in [3.8, 4) is 0 Å². The van der Waals surface area contributed by atoms with Crippen molar-refractivity contribution in [3.05, 3.63) is 28.2 Å². The molecular formula is C10H12BrF2NO4S2. The predicted molar refractivity (Wildman–Crippen MR) is 73.6 cm³/mol. The molecule has 1 aromatic rings. The Morgan fingerprint density at radius 2 is 1.75 bits per heavy atom. The highest BCUT2D eigenvalue weighted by molar-refractivity contribution is 9.10. The number of rotatable bonds is 5. The Morgan fingerprint density at radius 1 is 1.20 bits per heavy atom. The van der Waals surface area contributed by atoms with Crippen LogP contribution in [0.1, 0.15) is 0 Å². The summed E-state index contributed by atoms with van der Waals surface area (Å²) < 4.78 is 73.4. The fraction of sp³-hybridized carbons (Fsp3) is 0.400. The van der Waals surface area contributed by atoms with Crippen LogP contribution in [-0.2, 0) is 19.9 Å². The molecule has 0 atom stereocenters. The molecule has 114 valence electrons. The number of sulfonamides is 1. The van der Waals surface area contributed by atoms with Crippen molar-refractivity contribution < 1.29 is 25.6 Å². The molecule has 0 saturated carbocycles. The summed E-state index contributed by atoms with van der Waals surface area (Å²) >= 11 is 2.79. The fourth-order valence-corrected chi connectivity index (χ4v) is 4.34. The first-order valence-electron chi connectivity index (χ1n) is 5.24. The summed E-state index contributed by atoms with van der Waals surface area (Å²) in [7, 11) is -6.50. The quantitative estimate of drug-likeness (QED) is 0.760. The van der Waals surface area contributed by atoms with E-state index in [1.807, 2.05) is 0 Å². The van der Waals surface area contributed by atoms with Gasteiger partial charge >= 0.3 is 0 Å². The minimum atomic E-state index is -4.26. The third kappa shape index (κ3) is 4.21. The lowest BCUT2D eigenvalue weighted by atomic mass is 10.3. The SMILES string of the molecule is CN(CCS(C)(=O)=O)S(=O)(=O)c1c(F)cc(F)cc1Br. The lowest BCUT2D eigenvalue weighted by Crippen LogP contribution is -2.32. The third-order valence-electron chi connectivity index (χ3n) is 2.41. The molecule has 0 spiro atoms. The lowest BCUT2D eigenvalue weighted by Gasteiger charge is -2.18. The molecule has 0 aliphatic rings. The second-order valence-electron chi connectivity index (χ2n) is 4.16. The Labute approximate surface area is 124 Å². The molecule has 20 heavy (non-hydrogen) atoms. The van der Waals surface area contributed by atoms with Gasteiger partial charge < -0.3 is 0 Å². The van der Waals surface area contributed by atoms with Crippen LogP contribution in [0.2, 0.25) is 0 Å². The highest BCUT2D eigenvalue weighted by Gasteiger charge is 2.28. The van der Waals surface area contributed by atoms with Gasteiger partial charge in [0.2, 0.25) is 10.0 Å². The van der Waals surface area contributed by atoms with Crippen molar-refractivity contribution in [2.75, 3.05) is 25.6 Å². The van der Waals surface area contributed by atoms with E-state index in [2.05, 4.69) is 15.9 Å². The number of benzene rings is 1. The Hall–Kier alpha value is -0.580. The molecule has 1 aromatic carbocycles. The molecule has 0 aliphatic carbocycles. The summed E-state index contributed by atoms with van der Waals surface area (Å²) in [6, 6.07) is 1.27. The Kier molecular flexibility index (Phi) is 5.28. The second kappa shape index (κ2) is 6.04. The molecule has 0 aliphatic heterocycles. The summed E-state index contributed by atoms with van der Waals surface area (Å²) in [5.74, 6) is -2.57. The first-order valence-corrected chi connectivity index (χ1v) is 9.53. The zero-order chi connectivity index (χ0) is 15.7. The number of nitrogens with zero attached hydrogens (tertiary/aromatic N) is 1. The van der Waals surface area contributed by atoms with E-state index in [9.17, 15) is 25.6 Å². The highest BCUT2D eigenvalue weighted by atomic mass is 79.9. The number of hydrogen-bond acceptors (Lipinski definition) is 4. The normalized spacial score (nSPS) is 12.9. The van der Waals surface area contributed by atoms with Crippen LogP contribution >= 0.6 is 15.9 Å². The largest absolute Gasteiger partial charge is 0.246 e. The Morgan fingerprint density at radius 3 is 2.20 bits per heavy atom. The van der Waals surface area contributed by atoms with Gasteiger partial charge in [0.05, 0.1) is 5.75 Å². The topological polar surface area (TPSA) is 71.5 Å². The molecule has 5 nitrogen and oxygen atoms in total. The van der Waals surface area contributed by atoms with Gasteiger partial charge in [-0.15, -0.1) is 0 Å². The molecule has 1 rings (SSSR count). The van der Waals surface area contributed by atoms with Gasteiger partial charge in [0, 0.05) is 30.4 Å². The van der Waals surface area contributed by atoms with Gasteiger partial charge in [-0.05, 0) is 22.0 Å². The number of halogens is 3. The zero-order valence-electron chi connectivity index (χ0n) is 10.6. The van der Waals surface area contributed by atoms with Crippen LogP contribution in [0.5, 0.6) is 0 Å². The summed E-state index contributed by atoms with van der Waals surface area (Å²) in [6.07, 6.45) is 0.960. The van der Waals surface area contributed by atoms with Gasteiger partial charge in [0.25, 0.3) is 0 Å². The smallest absolute Gasteiger partial charge is 0.229 e. The Balaban J connectivity index is 3.18. The monoisotopic (exact) mass is 391 g/mol. The molecular weight excluding hydrogens is 380 g/mol. The van der Waals surface area contributed by atoms with Gasteiger partial charge in [-0.3, -0.25) is 0 Å². The summed E-state index contributed by atoms with van der Waals surface area (Å²) in [5, 5.41) is 0. The van der Waals surface area contributed by atoms with E-state index in [0.29, 0.717) is 10.4 Å². The van der Waals surface area contributed by atoms with E-state index < -0.39 is 42.1 Å². The van der Waals surface area contributed by atoms with Gasteiger partial charge in [-0.25, -0.2) is 25.6 Å². The van der Waals surface area contributed by atoms with Gasteiger partial charge in [-0.2, -0.15) is 4.31 Å². The summed E-state index contributed by atoms with van der Waals surface area (Å²) in [4.78, 5) is -0.727. The molecule has 0 amide bonds. The van der Waals surface area contributed by atoms with Crippen molar-refractivity contribution in [2.45, 2.75) is 4.90 Å². The minimum Gasteiger partial charge on any atom is -0.229 e. The maximum absolute atomic E-state index is 13.6. The van der Waals surface area contributed by atoms with Gasteiger partial charge in [-0.1, -0.05) is 0 Å². The zero-order valence-corrected chi connectivity index (χ0v) is 13.8. The first kappa shape index (κ1) is 17.5. The Bertz CT molecular complexity index is 696. The van der Waals surface area contributed by atoms with Crippen molar-refractivity contribution in [2.24, 2.45) is 0 Å². The van der Waals surface area contributed by atoms with E-state index in [1.165, 1.54) is 0 Å². The van der Waals surface area contributed by atoms with E-state index in [0.717, 1.165) is 19.4 Å². The van der Waals surface area contributed by atoms with Crippen LogP contribution in [0.25, 0.3) is 0 Å². The highest BCUT2D eigenvalue weighted by Crippen LogP contribution is 2.28. The average molecular weight is 392 g/mol. The third-order valence-corrected chi connectivity index (χ3v) is 6.15. The summed E-state index contributed by atoms with van der Waals surface area (Å²) in [5.41, 5.74) is 0. The van der Waals surface area contributed by atoms with Gasteiger partial charge in [0.1, 0.15) is 26.4 Å². The molecule has 0 unspecified atom stereocenters. The predicted octanol–water partition coefficient (Wildman–Crippen LogP) is 1.39. The molecule has 10 heteroatoms. The van der Waals surface area contributed by atoms with Crippen LogP contribution in [0, 0.1) is 11.6 Å². The van der Waals surface area contributed by atoms with E-state index in [4.69, 9.17) is 0 Å². The van der Waals surface area contributed by atoms with Crippen LogP contribution in [0.3, 0.4) is 0 Å².